The normalized spacial score (nSPS) is 11.1. The molecule has 0 saturated carbocycles. The van der Waals surface area contributed by atoms with E-state index in [0.29, 0.717) is 33.5 Å². The summed E-state index contributed by atoms with van der Waals surface area (Å²) in [6.07, 6.45) is 0. The molecule has 4 rings (SSSR count). The van der Waals surface area contributed by atoms with Gasteiger partial charge >= 0.3 is 5.91 Å². The molecule has 0 aliphatic carbocycles. The summed E-state index contributed by atoms with van der Waals surface area (Å²) in [5.41, 5.74) is 7.85. The molecule has 0 bridgehead atoms. The minimum atomic E-state index is -0.541. The molecule has 0 fully saturated rings. The van der Waals surface area contributed by atoms with Crippen LogP contribution in [0.3, 0.4) is 0 Å². The highest BCUT2D eigenvalue weighted by molar-refractivity contribution is 6.07. The summed E-state index contributed by atoms with van der Waals surface area (Å²) in [6.45, 7) is 5.25. The van der Waals surface area contributed by atoms with E-state index in [0.717, 1.165) is 5.39 Å². The molecule has 8 heteroatoms. The Morgan fingerprint density at radius 1 is 1.04 bits per heavy atom. The molecule has 2 amide bonds. The molecule has 0 aliphatic rings. The number of nitrogens with zero attached hydrogens (tertiary/aromatic N) is 2. The quantitative estimate of drug-likeness (QED) is 0.529. The maximum Gasteiger partial charge on any atom is 0.305 e. The zero-order chi connectivity index (χ0) is 19.1. The predicted octanol–water partition coefficient (Wildman–Crippen LogP) is 2.97. The van der Waals surface area contributed by atoms with Crippen molar-refractivity contribution in [2.24, 2.45) is 0 Å². The fourth-order valence-electron chi connectivity index (χ4n) is 3.03. The molecule has 3 heterocycles. The van der Waals surface area contributed by atoms with Gasteiger partial charge in [-0.3, -0.25) is 20.4 Å². The van der Waals surface area contributed by atoms with Gasteiger partial charge in [0.2, 0.25) is 0 Å². The predicted molar refractivity (Wildman–Crippen MR) is 97.2 cm³/mol. The third-order valence-corrected chi connectivity index (χ3v) is 4.33. The van der Waals surface area contributed by atoms with E-state index in [1.54, 1.807) is 32.9 Å². The third-order valence-electron chi connectivity index (χ3n) is 4.33. The van der Waals surface area contributed by atoms with Crippen molar-refractivity contribution in [3.8, 4) is 0 Å². The van der Waals surface area contributed by atoms with Gasteiger partial charge in [0, 0.05) is 16.6 Å². The summed E-state index contributed by atoms with van der Waals surface area (Å²) in [5, 5.41) is 5.19. The topological polar surface area (TPSA) is 110 Å². The summed E-state index contributed by atoms with van der Waals surface area (Å²) in [6, 6.07) is 8.96. The molecule has 0 radical (unpaired) electrons. The van der Waals surface area contributed by atoms with Crippen LogP contribution in [0.2, 0.25) is 0 Å². The van der Waals surface area contributed by atoms with Gasteiger partial charge < -0.3 is 8.94 Å². The van der Waals surface area contributed by atoms with Crippen molar-refractivity contribution < 1.29 is 18.5 Å². The van der Waals surface area contributed by atoms with Crippen molar-refractivity contribution in [2.45, 2.75) is 20.8 Å². The van der Waals surface area contributed by atoms with Crippen LogP contribution < -0.4 is 10.9 Å². The smallest absolute Gasteiger partial charge is 0.305 e. The van der Waals surface area contributed by atoms with Crippen molar-refractivity contribution in [1.29, 1.82) is 0 Å². The van der Waals surface area contributed by atoms with Crippen LogP contribution in [-0.2, 0) is 0 Å². The van der Waals surface area contributed by atoms with E-state index in [-0.39, 0.29) is 11.5 Å². The molecule has 136 valence electrons. The Labute approximate surface area is 153 Å². The number of hydrazine groups is 1. The molecule has 4 aromatic rings. The third kappa shape index (κ3) is 2.80. The molecule has 27 heavy (non-hydrogen) atoms. The maximum atomic E-state index is 12.6. The first-order valence-corrected chi connectivity index (χ1v) is 8.28. The van der Waals surface area contributed by atoms with E-state index in [1.807, 2.05) is 18.2 Å². The summed E-state index contributed by atoms with van der Waals surface area (Å²) in [7, 11) is 0. The lowest BCUT2D eigenvalue weighted by Crippen LogP contribution is -2.41. The van der Waals surface area contributed by atoms with E-state index >= 15 is 0 Å². The van der Waals surface area contributed by atoms with E-state index in [2.05, 4.69) is 21.0 Å². The first-order valence-electron chi connectivity index (χ1n) is 8.28. The van der Waals surface area contributed by atoms with Crippen molar-refractivity contribution in [3.63, 3.8) is 0 Å². The number of hydrogen-bond donors (Lipinski definition) is 2. The van der Waals surface area contributed by atoms with Crippen LogP contribution in [0.5, 0.6) is 0 Å². The number of benzene rings is 1. The molecule has 1 aromatic carbocycles. The second kappa shape index (κ2) is 6.24. The second-order valence-corrected chi connectivity index (χ2v) is 6.22. The number of aromatic nitrogens is 2. The number of carbonyl (C=O) groups is 2. The van der Waals surface area contributed by atoms with Gasteiger partial charge in [-0.2, -0.15) is 0 Å². The van der Waals surface area contributed by atoms with Crippen LogP contribution in [-0.4, -0.2) is 22.0 Å². The van der Waals surface area contributed by atoms with Crippen molar-refractivity contribution >= 4 is 33.9 Å². The number of furan rings is 1. The Morgan fingerprint density at radius 3 is 2.56 bits per heavy atom. The molecule has 0 atom stereocenters. The number of carbonyl (C=O) groups excluding carboxylic acids is 2. The van der Waals surface area contributed by atoms with Crippen LogP contribution in [0.25, 0.3) is 22.1 Å². The van der Waals surface area contributed by atoms with Gasteiger partial charge in [0.15, 0.2) is 5.76 Å². The molecular formula is C19H16N4O4. The van der Waals surface area contributed by atoms with Gasteiger partial charge in [-0.1, -0.05) is 23.4 Å². The number of para-hydroxylation sites is 1. The minimum Gasteiger partial charge on any atom is -0.451 e. The van der Waals surface area contributed by atoms with Crippen molar-refractivity contribution in [1.82, 2.24) is 21.0 Å². The summed E-state index contributed by atoms with van der Waals surface area (Å²) >= 11 is 0. The van der Waals surface area contributed by atoms with Gasteiger partial charge in [-0.25, -0.2) is 4.98 Å². The Morgan fingerprint density at radius 2 is 1.78 bits per heavy atom. The minimum absolute atomic E-state index is 0.147. The monoisotopic (exact) mass is 364 g/mol. The lowest BCUT2D eigenvalue weighted by atomic mass is 10.1. The van der Waals surface area contributed by atoms with Crippen molar-refractivity contribution in [3.05, 3.63) is 58.6 Å². The van der Waals surface area contributed by atoms with Gasteiger partial charge in [0.25, 0.3) is 11.6 Å². The number of nitrogens with one attached hydrogen (secondary N) is 2. The van der Waals surface area contributed by atoms with Crippen LogP contribution >= 0.6 is 0 Å². The van der Waals surface area contributed by atoms with E-state index in [9.17, 15) is 9.59 Å². The summed E-state index contributed by atoms with van der Waals surface area (Å²) in [4.78, 5) is 29.3. The Bertz CT molecular complexity index is 1210. The van der Waals surface area contributed by atoms with Crippen LogP contribution in [0.1, 0.15) is 37.9 Å². The van der Waals surface area contributed by atoms with E-state index < -0.39 is 11.8 Å². The highest BCUT2D eigenvalue weighted by Crippen LogP contribution is 2.25. The average Bonchev–Trinajstić information content (AvgIpc) is 3.19. The van der Waals surface area contributed by atoms with Crippen LogP contribution in [0.15, 0.2) is 39.3 Å². The zero-order valence-electron chi connectivity index (χ0n) is 14.9. The number of rotatable bonds is 2. The van der Waals surface area contributed by atoms with Crippen LogP contribution in [0, 0.1) is 20.8 Å². The number of aryl methyl sites for hydroxylation is 3. The Balaban J connectivity index is 1.58. The fraction of sp³-hybridized carbons (Fsp3) is 0.158. The Kier molecular flexibility index (Phi) is 3.88. The number of amides is 2. The molecule has 0 saturated heterocycles. The standard InChI is InChI=1S/C19H16N4O4/c1-9-8-13(15-11(3)23-27-19(15)20-9)17(24)21-22-18(25)16-10(2)12-6-4-5-7-14(12)26-16/h4-8H,1-3H3,(H,21,24)(H,22,25). The largest absolute Gasteiger partial charge is 0.451 e. The first kappa shape index (κ1) is 16.8. The first-order chi connectivity index (χ1) is 13.0. The fourth-order valence-corrected chi connectivity index (χ4v) is 3.03. The van der Waals surface area contributed by atoms with E-state index in [4.69, 9.17) is 8.94 Å². The summed E-state index contributed by atoms with van der Waals surface area (Å²) < 4.78 is 10.7. The van der Waals surface area contributed by atoms with Crippen LogP contribution in [0.4, 0.5) is 0 Å². The lowest BCUT2D eigenvalue weighted by Gasteiger charge is -2.08. The maximum absolute atomic E-state index is 12.6. The molecule has 2 N–H and O–H groups in total. The van der Waals surface area contributed by atoms with Gasteiger partial charge in [0.05, 0.1) is 16.6 Å². The zero-order valence-corrected chi connectivity index (χ0v) is 14.9. The lowest BCUT2D eigenvalue weighted by molar-refractivity contribution is 0.0832. The number of fused-ring (bicyclic) bond motifs is 2. The summed E-state index contributed by atoms with van der Waals surface area (Å²) in [5.74, 6) is -0.895. The second-order valence-electron chi connectivity index (χ2n) is 6.22. The van der Waals surface area contributed by atoms with Gasteiger partial charge in [0.1, 0.15) is 5.58 Å². The van der Waals surface area contributed by atoms with E-state index in [1.165, 1.54) is 0 Å². The number of hydrogen-bond acceptors (Lipinski definition) is 6. The van der Waals surface area contributed by atoms with Gasteiger partial charge in [-0.05, 0) is 32.9 Å². The molecule has 3 aromatic heterocycles. The average molecular weight is 364 g/mol. The number of pyridine rings is 1. The van der Waals surface area contributed by atoms with Gasteiger partial charge in [-0.15, -0.1) is 0 Å². The highest BCUT2D eigenvalue weighted by Gasteiger charge is 2.21. The SMILES string of the molecule is Cc1cc(C(=O)NNC(=O)c2oc3ccccc3c2C)c2c(C)noc2n1. The highest BCUT2D eigenvalue weighted by atomic mass is 16.5. The molecule has 0 aliphatic heterocycles. The molecule has 0 spiro atoms. The molecule has 8 nitrogen and oxygen atoms in total. The van der Waals surface area contributed by atoms with Crippen molar-refractivity contribution in [2.75, 3.05) is 0 Å². The molecular weight excluding hydrogens is 348 g/mol. The Hall–Kier alpha value is -3.68. The molecule has 0 unspecified atom stereocenters.